The van der Waals surface area contributed by atoms with Crippen LogP contribution in [0.15, 0.2) is 12.1 Å². The quantitative estimate of drug-likeness (QED) is 0.807. The third-order valence-corrected chi connectivity index (χ3v) is 4.43. The number of alkyl halides is 3. The molecule has 0 saturated carbocycles. The van der Waals surface area contributed by atoms with Gasteiger partial charge in [-0.25, -0.2) is 17.7 Å². The molecule has 0 unspecified atom stereocenters. The molecule has 0 aliphatic carbocycles. The highest BCUT2D eigenvalue weighted by atomic mass is 32.2. The number of benzene rings is 1. The van der Waals surface area contributed by atoms with Gasteiger partial charge in [-0.3, -0.25) is 0 Å². The lowest BCUT2D eigenvalue weighted by Crippen LogP contribution is -2.35. The fourth-order valence-corrected chi connectivity index (χ4v) is 2.35. The Bertz CT molecular complexity index is 584. The first-order chi connectivity index (χ1) is 10.3. The highest BCUT2D eigenvalue weighted by molar-refractivity contribution is 7.84. The van der Waals surface area contributed by atoms with Crippen molar-refractivity contribution in [1.29, 1.82) is 0 Å². The van der Waals surface area contributed by atoms with Crippen molar-refractivity contribution in [3.05, 3.63) is 29.3 Å². The minimum atomic E-state index is -4.65. The molecule has 0 bridgehead atoms. The van der Waals surface area contributed by atoms with E-state index >= 15 is 0 Å². The van der Waals surface area contributed by atoms with Crippen molar-refractivity contribution in [2.24, 2.45) is 0 Å². The standard InChI is InChI=1S/C14H18F5NO2S/c1-8(20-23(21)13(2,3)4)9-5-11(16)12(6-10(9)15)22-7-14(17,18)19/h5-6,8,20H,7H2,1-4H3/t8-,23-/m0/s1. The lowest BCUT2D eigenvalue weighted by molar-refractivity contribution is -0.153. The van der Waals surface area contributed by atoms with Crippen LogP contribution in [0.1, 0.15) is 39.3 Å². The van der Waals surface area contributed by atoms with Gasteiger partial charge in [-0.15, -0.1) is 0 Å². The molecule has 9 heteroatoms. The Hall–Kier alpha value is -1.22. The molecule has 3 nitrogen and oxygen atoms in total. The third kappa shape index (κ3) is 6.06. The highest BCUT2D eigenvalue weighted by Crippen LogP contribution is 2.28. The first-order valence-corrected chi connectivity index (χ1v) is 7.83. The summed E-state index contributed by atoms with van der Waals surface area (Å²) in [7, 11) is -1.52. The minimum absolute atomic E-state index is 0.153. The molecule has 1 aromatic carbocycles. The van der Waals surface area contributed by atoms with Gasteiger partial charge in [0, 0.05) is 17.7 Å². The molecule has 0 aromatic heterocycles. The molecule has 0 saturated heterocycles. The van der Waals surface area contributed by atoms with E-state index in [1.54, 1.807) is 20.8 Å². The second-order valence-electron chi connectivity index (χ2n) is 5.93. The fourth-order valence-electron chi connectivity index (χ4n) is 1.55. The second-order valence-corrected chi connectivity index (χ2v) is 7.93. The molecular formula is C14H18F5NO2S. The summed E-state index contributed by atoms with van der Waals surface area (Å²) >= 11 is 0. The van der Waals surface area contributed by atoms with Crippen molar-refractivity contribution >= 4 is 11.0 Å². The molecule has 1 N–H and O–H groups in total. The van der Waals surface area contributed by atoms with Crippen LogP contribution in [-0.2, 0) is 11.0 Å². The Balaban J connectivity index is 2.94. The van der Waals surface area contributed by atoms with Crippen LogP contribution in [0.2, 0.25) is 0 Å². The van der Waals surface area contributed by atoms with Crippen LogP contribution in [0.4, 0.5) is 22.0 Å². The van der Waals surface area contributed by atoms with Gasteiger partial charge in [0.2, 0.25) is 0 Å². The van der Waals surface area contributed by atoms with Gasteiger partial charge in [0.15, 0.2) is 18.2 Å². The summed E-state index contributed by atoms with van der Waals surface area (Å²) in [6, 6.07) is 0.480. The van der Waals surface area contributed by atoms with Crippen LogP contribution in [0.5, 0.6) is 5.75 Å². The van der Waals surface area contributed by atoms with E-state index in [1.165, 1.54) is 6.92 Å². The number of halogens is 5. The lowest BCUT2D eigenvalue weighted by atomic mass is 10.1. The predicted molar refractivity (Wildman–Crippen MR) is 77.4 cm³/mol. The Kier molecular flexibility index (Phi) is 6.14. The van der Waals surface area contributed by atoms with E-state index in [2.05, 4.69) is 9.46 Å². The molecule has 2 atom stereocenters. The van der Waals surface area contributed by atoms with E-state index in [-0.39, 0.29) is 5.56 Å². The van der Waals surface area contributed by atoms with Crippen molar-refractivity contribution in [2.45, 2.75) is 44.7 Å². The van der Waals surface area contributed by atoms with Crippen molar-refractivity contribution in [3.8, 4) is 5.75 Å². The number of ether oxygens (including phenoxy) is 1. The fraction of sp³-hybridized carbons (Fsp3) is 0.571. The van der Waals surface area contributed by atoms with Gasteiger partial charge in [0.05, 0.1) is 15.7 Å². The molecule has 0 fully saturated rings. The molecular weight excluding hydrogens is 341 g/mol. The number of rotatable bonds is 5. The lowest BCUT2D eigenvalue weighted by Gasteiger charge is -2.22. The zero-order valence-electron chi connectivity index (χ0n) is 13.1. The van der Waals surface area contributed by atoms with E-state index in [0.717, 1.165) is 6.07 Å². The molecule has 0 aliphatic heterocycles. The summed E-state index contributed by atoms with van der Waals surface area (Å²) in [5.74, 6) is -2.90. The topological polar surface area (TPSA) is 38.3 Å². The average molecular weight is 359 g/mol. The monoisotopic (exact) mass is 359 g/mol. The van der Waals surface area contributed by atoms with Gasteiger partial charge in [-0.1, -0.05) is 0 Å². The van der Waals surface area contributed by atoms with Crippen molar-refractivity contribution < 1.29 is 30.9 Å². The summed E-state index contributed by atoms with van der Waals surface area (Å²) in [6.07, 6.45) is -4.65. The normalized spacial score (nSPS) is 15.3. The maximum absolute atomic E-state index is 14.0. The van der Waals surface area contributed by atoms with Gasteiger partial charge in [-0.05, 0) is 33.8 Å². The molecule has 0 amide bonds. The van der Waals surface area contributed by atoms with Gasteiger partial charge < -0.3 is 4.74 Å². The Morgan fingerprint density at radius 1 is 1.17 bits per heavy atom. The molecule has 0 spiro atoms. The Morgan fingerprint density at radius 3 is 2.22 bits per heavy atom. The molecule has 1 rings (SSSR count). The van der Waals surface area contributed by atoms with Crippen LogP contribution in [0, 0.1) is 11.6 Å². The first-order valence-electron chi connectivity index (χ1n) is 6.68. The van der Waals surface area contributed by atoms with E-state index in [0.29, 0.717) is 6.07 Å². The number of hydrogen-bond acceptors (Lipinski definition) is 2. The van der Waals surface area contributed by atoms with E-state index in [9.17, 15) is 26.2 Å². The minimum Gasteiger partial charge on any atom is -0.481 e. The van der Waals surface area contributed by atoms with Crippen LogP contribution in [-0.4, -0.2) is 21.7 Å². The summed E-state index contributed by atoms with van der Waals surface area (Å²) in [4.78, 5) is 0. The van der Waals surface area contributed by atoms with Crippen molar-refractivity contribution in [3.63, 3.8) is 0 Å². The van der Waals surface area contributed by atoms with Gasteiger partial charge in [0.25, 0.3) is 0 Å². The number of nitrogens with one attached hydrogen (secondary N) is 1. The van der Waals surface area contributed by atoms with Gasteiger partial charge in [-0.2, -0.15) is 13.2 Å². The summed E-state index contributed by atoms with van der Waals surface area (Å²) in [6.45, 7) is 4.86. The molecule has 0 heterocycles. The first kappa shape index (κ1) is 19.8. The van der Waals surface area contributed by atoms with E-state index in [1.807, 2.05) is 0 Å². The van der Waals surface area contributed by atoms with Crippen LogP contribution in [0.3, 0.4) is 0 Å². The van der Waals surface area contributed by atoms with Crippen molar-refractivity contribution in [1.82, 2.24) is 4.72 Å². The molecule has 1 aromatic rings. The van der Waals surface area contributed by atoms with Crippen molar-refractivity contribution in [2.75, 3.05) is 6.61 Å². The average Bonchev–Trinajstić information content (AvgIpc) is 2.37. The molecule has 23 heavy (non-hydrogen) atoms. The van der Waals surface area contributed by atoms with Crippen LogP contribution < -0.4 is 9.46 Å². The Labute approximate surface area is 133 Å². The summed E-state index contributed by atoms with van der Waals surface area (Å²) < 4.78 is 82.1. The van der Waals surface area contributed by atoms with E-state index in [4.69, 9.17) is 0 Å². The molecule has 132 valence electrons. The smallest absolute Gasteiger partial charge is 0.422 e. The van der Waals surface area contributed by atoms with Crippen LogP contribution >= 0.6 is 0 Å². The molecule has 0 radical (unpaired) electrons. The Morgan fingerprint density at radius 2 is 1.74 bits per heavy atom. The second kappa shape index (κ2) is 7.12. The van der Waals surface area contributed by atoms with Gasteiger partial charge in [0.1, 0.15) is 5.82 Å². The van der Waals surface area contributed by atoms with E-state index < -0.39 is 51.9 Å². The summed E-state index contributed by atoms with van der Waals surface area (Å²) in [5.41, 5.74) is -0.153. The SMILES string of the molecule is C[C@H](N[S@@](=O)C(C)(C)C)c1cc(F)c(OCC(F)(F)F)cc1F. The zero-order valence-corrected chi connectivity index (χ0v) is 13.9. The largest absolute Gasteiger partial charge is 0.481 e. The number of hydrogen-bond donors (Lipinski definition) is 1. The highest BCUT2D eigenvalue weighted by Gasteiger charge is 2.29. The predicted octanol–water partition coefficient (Wildman–Crippen LogP) is 4.02. The van der Waals surface area contributed by atoms with Crippen LogP contribution in [0.25, 0.3) is 0 Å². The van der Waals surface area contributed by atoms with Gasteiger partial charge >= 0.3 is 6.18 Å². The maximum atomic E-state index is 14.0. The maximum Gasteiger partial charge on any atom is 0.422 e. The zero-order chi connectivity index (χ0) is 18.0. The third-order valence-electron chi connectivity index (χ3n) is 2.75. The molecule has 0 aliphatic rings. The summed E-state index contributed by atoms with van der Waals surface area (Å²) in [5, 5.41) is 0.